The number of benzene rings is 1. The van der Waals surface area contributed by atoms with Crippen molar-refractivity contribution in [1.82, 2.24) is 10.2 Å². The molecule has 1 amide bonds. The summed E-state index contributed by atoms with van der Waals surface area (Å²) in [4.78, 5) is 14.9. The van der Waals surface area contributed by atoms with Gasteiger partial charge in [0.05, 0.1) is 11.9 Å². The van der Waals surface area contributed by atoms with E-state index in [1.165, 1.54) is 17.1 Å². The van der Waals surface area contributed by atoms with Crippen LogP contribution >= 0.6 is 0 Å². The Morgan fingerprint density at radius 3 is 2.46 bits per heavy atom. The molecule has 1 aromatic carbocycles. The number of aryl methyl sites for hydroxylation is 2. The van der Waals surface area contributed by atoms with Gasteiger partial charge in [-0.25, -0.2) is 8.42 Å². The minimum Gasteiger partial charge on any atom is -0.354 e. The van der Waals surface area contributed by atoms with Crippen LogP contribution in [0.15, 0.2) is 18.2 Å². The molecule has 26 heavy (non-hydrogen) atoms. The molecule has 1 fully saturated rings. The Kier molecular flexibility index (Phi) is 7.06. The number of amides is 1. The molecule has 0 spiro atoms. The first kappa shape index (κ1) is 20.7. The van der Waals surface area contributed by atoms with Crippen molar-refractivity contribution in [2.75, 3.05) is 36.7 Å². The quantitative estimate of drug-likeness (QED) is 0.700. The van der Waals surface area contributed by atoms with Gasteiger partial charge in [0, 0.05) is 6.54 Å². The summed E-state index contributed by atoms with van der Waals surface area (Å²) in [6, 6.07) is 4.65. The summed E-state index contributed by atoms with van der Waals surface area (Å²) in [7, 11) is -3.57. The first-order valence-electron chi connectivity index (χ1n) is 9.27. The molecule has 0 saturated carbocycles. The predicted molar refractivity (Wildman–Crippen MR) is 106 cm³/mol. The summed E-state index contributed by atoms with van der Waals surface area (Å²) >= 11 is 0. The van der Waals surface area contributed by atoms with Gasteiger partial charge in [0.15, 0.2) is 0 Å². The van der Waals surface area contributed by atoms with Gasteiger partial charge >= 0.3 is 0 Å². The van der Waals surface area contributed by atoms with Crippen LogP contribution in [-0.2, 0) is 14.8 Å². The molecule has 1 heterocycles. The molecular weight excluding hydrogens is 350 g/mol. The minimum absolute atomic E-state index is 0.268. The highest BCUT2D eigenvalue weighted by molar-refractivity contribution is 7.92. The fourth-order valence-electron chi connectivity index (χ4n) is 3.34. The average Bonchev–Trinajstić information content (AvgIpc) is 3.07. The summed E-state index contributed by atoms with van der Waals surface area (Å²) < 4.78 is 25.8. The normalized spacial score (nSPS) is 16.5. The summed E-state index contributed by atoms with van der Waals surface area (Å²) in [6.07, 6.45) is 4.52. The van der Waals surface area contributed by atoms with Gasteiger partial charge in [-0.05, 0) is 82.9 Å². The van der Waals surface area contributed by atoms with Gasteiger partial charge in [-0.1, -0.05) is 6.07 Å². The lowest BCUT2D eigenvalue weighted by atomic mass is 10.1. The third kappa shape index (κ3) is 5.45. The van der Waals surface area contributed by atoms with Crippen molar-refractivity contribution in [2.45, 2.75) is 46.1 Å². The van der Waals surface area contributed by atoms with Crippen molar-refractivity contribution in [1.29, 1.82) is 0 Å². The van der Waals surface area contributed by atoms with E-state index in [4.69, 9.17) is 0 Å². The minimum atomic E-state index is -3.57. The van der Waals surface area contributed by atoms with E-state index < -0.39 is 16.1 Å². The Bertz CT molecular complexity index is 728. The highest BCUT2D eigenvalue weighted by Gasteiger charge is 2.29. The summed E-state index contributed by atoms with van der Waals surface area (Å²) in [5.74, 6) is -0.268. The van der Waals surface area contributed by atoms with Gasteiger partial charge in [-0.2, -0.15) is 0 Å². The number of hydrogen-bond acceptors (Lipinski definition) is 4. The second-order valence-corrected chi connectivity index (χ2v) is 9.06. The molecule has 1 aromatic rings. The Hall–Kier alpha value is -1.60. The van der Waals surface area contributed by atoms with E-state index >= 15 is 0 Å². The molecule has 1 saturated heterocycles. The molecule has 1 N–H and O–H groups in total. The number of carbonyl (C=O) groups excluding carboxylic acids is 1. The molecule has 0 aliphatic carbocycles. The number of nitrogens with zero attached hydrogens (tertiary/aromatic N) is 2. The van der Waals surface area contributed by atoms with Crippen LogP contribution in [0.1, 0.15) is 37.3 Å². The van der Waals surface area contributed by atoms with Crippen LogP contribution in [0, 0.1) is 13.8 Å². The van der Waals surface area contributed by atoms with Gasteiger partial charge in [0.1, 0.15) is 6.04 Å². The number of anilines is 1. The van der Waals surface area contributed by atoms with Crippen LogP contribution in [0.3, 0.4) is 0 Å². The van der Waals surface area contributed by atoms with E-state index in [0.717, 1.165) is 43.4 Å². The molecule has 2 rings (SSSR count). The smallest absolute Gasteiger partial charge is 0.243 e. The van der Waals surface area contributed by atoms with Crippen LogP contribution in [0.5, 0.6) is 0 Å². The molecule has 7 heteroatoms. The summed E-state index contributed by atoms with van der Waals surface area (Å²) in [5, 5.41) is 2.88. The molecule has 0 unspecified atom stereocenters. The molecule has 1 aliphatic rings. The van der Waals surface area contributed by atoms with E-state index in [1.54, 1.807) is 13.0 Å². The number of carbonyl (C=O) groups is 1. The number of hydrogen-bond donors (Lipinski definition) is 1. The van der Waals surface area contributed by atoms with Crippen LogP contribution < -0.4 is 9.62 Å². The standard InChI is InChI=1S/C19H31N3O3S/c1-15-8-9-18(14-16(15)2)22(26(4,24)25)17(3)19(23)20-10-7-13-21-11-5-6-12-21/h8-9,14,17H,5-7,10-13H2,1-4H3,(H,20,23)/t17-/m1/s1. The first-order chi connectivity index (χ1) is 12.2. The molecule has 1 atom stereocenters. The number of nitrogens with one attached hydrogen (secondary N) is 1. The fourth-order valence-corrected chi connectivity index (χ4v) is 4.51. The largest absolute Gasteiger partial charge is 0.354 e. The van der Waals surface area contributed by atoms with Crippen molar-refractivity contribution in [2.24, 2.45) is 0 Å². The van der Waals surface area contributed by atoms with E-state index in [9.17, 15) is 13.2 Å². The molecule has 6 nitrogen and oxygen atoms in total. The van der Waals surface area contributed by atoms with Crippen molar-refractivity contribution >= 4 is 21.6 Å². The SMILES string of the molecule is Cc1ccc(N([C@H](C)C(=O)NCCCN2CCCC2)S(C)(=O)=O)cc1C. The van der Waals surface area contributed by atoms with Crippen LogP contribution in [0.2, 0.25) is 0 Å². The zero-order valence-corrected chi connectivity index (χ0v) is 17.1. The lowest BCUT2D eigenvalue weighted by Crippen LogP contribution is -2.48. The van der Waals surface area contributed by atoms with E-state index in [0.29, 0.717) is 12.2 Å². The lowest BCUT2D eigenvalue weighted by Gasteiger charge is -2.28. The average molecular weight is 382 g/mol. The summed E-state index contributed by atoms with van der Waals surface area (Å²) in [6.45, 7) is 9.35. The second kappa shape index (κ2) is 8.86. The molecule has 1 aliphatic heterocycles. The van der Waals surface area contributed by atoms with Gasteiger partial charge < -0.3 is 10.2 Å². The molecule has 0 aromatic heterocycles. The number of rotatable bonds is 8. The van der Waals surface area contributed by atoms with Crippen LogP contribution in [0.25, 0.3) is 0 Å². The Morgan fingerprint density at radius 2 is 1.88 bits per heavy atom. The van der Waals surface area contributed by atoms with Crippen LogP contribution in [-0.4, -0.2) is 57.7 Å². The maximum atomic E-state index is 12.5. The zero-order chi connectivity index (χ0) is 19.3. The molecule has 0 bridgehead atoms. The van der Waals surface area contributed by atoms with Crippen molar-refractivity contribution < 1.29 is 13.2 Å². The lowest BCUT2D eigenvalue weighted by molar-refractivity contribution is -0.121. The van der Waals surface area contributed by atoms with E-state index in [2.05, 4.69) is 10.2 Å². The van der Waals surface area contributed by atoms with Gasteiger partial charge in [-0.3, -0.25) is 9.10 Å². The van der Waals surface area contributed by atoms with Crippen molar-refractivity contribution in [3.8, 4) is 0 Å². The second-order valence-electron chi connectivity index (χ2n) is 7.20. The van der Waals surface area contributed by atoms with Gasteiger partial charge in [0.25, 0.3) is 0 Å². The highest BCUT2D eigenvalue weighted by Crippen LogP contribution is 2.23. The van der Waals surface area contributed by atoms with Crippen molar-refractivity contribution in [3.63, 3.8) is 0 Å². The highest BCUT2D eigenvalue weighted by atomic mass is 32.2. The van der Waals surface area contributed by atoms with Crippen molar-refractivity contribution in [3.05, 3.63) is 29.3 Å². The maximum absolute atomic E-state index is 12.5. The van der Waals surface area contributed by atoms with E-state index in [-0.39, 0.29) is 5.91 Å². The number of sulfonamides is 1. The monoisotopic (exact) mass is 381 g/mol. The maximum Gasteiger partial charge on any atom is 0.243 e. The number of likely N-dealkylation sites (tertiary alicyclic amines) is 1. The fraction of sp³-hybridized carbons (Fsp3) is 0.632. The zero-order valence-electron chi connectivity index (χ0n) is 16.3. The third-order valence-corrected chi connectivity index (χ3v) is 6.22. The molecule has 0 radical (unpaired) electrons. The topological polar surface area (TPSA) is 69.7 Å². The Morgan fingerprint density at radius 1 is 1.23 bits per heavy atom. The summed E-state index contributed by atoms with van der Waals surface area (Å²) in [5.41, 5.74) is 2.60. The Balaban J connectivity index is 2.00. The third-order valence-electron chi connectivity index (χ3n) is 4.98. The van der Waals surface area contributed by atoms with Gasteiger partial charge in [-0.15, -0.1) is 0 Å². The Labute approximate surface area is 157 Å². The molecule has 146 valence electrons. The molecular formula is C19H31N3O3S. The van der Waals surface area contributed by atoms with Crippen LogP contribution in [0.4, 0.5) is 5.69 Å². The predicted octanol–water partition coefficient (Wildman–Crippen LogP) is 2.06. The first-order valence-corrected chi connectivity index (χ1v) is 11.1. The van der Waals surface area contributed by atoms with E-state index in [1.807, 2.05) is 26.0 Å². The van der Waals surface area contributed by atoms with Gasteiger partial charge in [0.2, 0.25) is 15.9 Å².